The first kappa shape index (κ1) is 22.1. The molecule has 1 aromatic carbocycles. The van der Waals surface area contributed by atoms with Gasteiger partial charge < -0.3 is 18.8 Å². The van der Waals surface area contributed by atoms with E-state index in [2.05, 4.69) is 15.2 Å². The van der Waals surface area contributed by atoms with Crippen LogP contribution in [0.3, 0.4) is 0 Å². The molecule has 1 amide bonds. The SMILES string of the molecule is CCN(Cc1ccc(OC)c(OC)c1)C(=O)CSc1nnc(-c2sc(C)nc2C)o1. The van der Waals surface area contributed by atoms with E-state index in [9.17, 15) is 4.79 Å². The first-order valence-electron chi connectivity index (χ1n) is 9.34. The average molecular weight is 449 g/mol. The zero-order chi connectivity index (χ0) is 21.7. The van der Waals surface area contributed by atoms with Crippen molar-refractivity contribution >= 4 is 29.0 Å². The fourth-order valence-electron chi connectivity index (χ4n) is 2.88. The molecule has 0 unspecified atom stereocenters. The van der Waals surface area contributed by atoms with Crippen LogP contribution in [0, 0.1) is 13.8 Å². The number of hydrogen-bond acceptors (Lipinski definition) is 9. The van der Waals surface area contributed by atoms with E-state index >= 15 is 0 Å². The van der Waals surface area contributed by atoms with Gasteiger partial charge in [-0.1, -0.05) is 17.8 Å². The van der Waals surface area contributed by atoms with Crippen LogP contribution in [0.25, 0.3) is 10.8 Å². The van der Waals surface area contributed by atoms with Crippen LogP contribution in [-0.2, 0) is 11.3 Å². The van der Waals surface area contributed by atoms with Gasteiger partial charge in [-0.2, -0.15) is 0 Å². The van der Waals surface area contributed by atoms with Gasteiger partial charge in [-0.05, 0) is 38.5 Å². The van der Waals surface area contributed by atoms with Crippen molar-refractivity contribution in [2.75, 3.05) is 26.5 Å². The average Bonchev–Trinajstić information content (AvgIpc) is 3.35. The Hall–Kier alpha value is -2.59. The maximum atomic E-state index is 12.7. The van der Waals surface area contributed by atoms with Crippen molar-refractivity contribution in [2.45, 2.75) is 32.5 Å². The molecular formula is C20H24N4O4S2. The van der Waals surface area contributed by atoms with Crippen molar-refractivity contribution in [3.05, 3.63) is 34.5 Å². The van der Waals surface area contributed by atoms with Gasteiger partial charge in [0.25, 0.3) is 11.1 Å². The molecule has 3 rings (SSSR count). The molecular weight excluding hydrogens is 424 g/mol. The van der Waals surface area contributed by atoms with E-state index in [1.165, 1.54) is 23.1 Å². The molecule has 0 saturated carbocycles. The Morgan fingerprint density at radius 2 is 1.97 bits per heavy atom. The predicted octanol–water partition coefficient (Wildman–Crippen LogP) is 3.97. The fraction of sp³-hybridized carbons (Fsp3) is 0.400. The highest BCUT2D eigenvalue weighted by Gasteiger charge is 2.18. The van der Waals surface area contributed by atoms with Crippen molar-refractivity contribution < 1.29 is 18.7 Å². The third kappa shape index (κ3) is 5.11. The van der Waals surface area contributed by atoms with Crippen LogP contribution in [0.15, 0.2) is 27.8 Å². The van der Waals surface area contributed by atoms with Crippen LogP contribution in [0.1, 0.15) is 23.2 Å². The van der Waals surface area contributed by atoms with E-state index in [0.717, 1.165) is 21.1 Å². The third-order valence-electron chi connectivity index (χ3n) is 4.38. The number of methoxy groups -OCH3 is 2. The summed E-state index contributed by atoms with van der Waals surface area (Å²) >= 11 is 2.74. The first-order chi connectivity index (χ1) is 14.4. The van der Waals surface area contributed by atoms with E-state index in [4.69, 9.17) is 13.9 Å². The van der Waals surface area contributed by atoms with Crippen molar-refractivity contribution in [2.24, 2.45) is 0 Å². The number of hydrogen-bond donors (Lipinski definition) is 0. The highest BCUT2D eigenvalue weighted by atomic mass is 32.2. The van der Waals surface area contributed by atoms with Crippen LogP contribution < -0.4 is 9.47 Å². The zero-order valence-electron chi connectivity index (χ0n) is 17.6. The molecule has 0 saturated heterocycles. The molecule has 0 aliphatic rings. The lowest BCUT2D eigenvalue weighted by molar-refractivity contribution is -0.128. The lowest BCUT2D eigenvalue weighted by Gasteiger charge is -2.21. The Morgan fingerprint density at radius 1 is 1.20 bits per heavy atom. The summed E-state index contributed by atoms with van der Waals surface area (Å²) in [5.74, 6) is 1.93. The van der Waals surface area contributed by atoms with Crippen LogP contribution >= 0.6 is 23.1 Å². The number of thiazole rings is 1. The zero-order valence-corrected chi connectivity index (χ0v) is 19.2. The van der Waals surface area contributed by atoms with Gasteiger partial charge in [-0.15, -0.1) is 21.5 Å². The van der Waals surface area contributed by atoms with Crippen molar-refractivity contribution in [3.8, 4) is 22.3 Å². The molecule has 10 heteroatoms. The number of amides is 1. The second-order valence-electron chi connectivity index (χ2n) is 6.41. The maximum Gasteiger partial charge on any atom is 0.277 e. The smallest absolute Gasteiger partial charge is 0.277 e. The fourth-order valence-corrected chi connectivity index (χ4v) is 4.39. The number of aryl methyl sites for hydroxylation is 2. The summed E-state index contributed by atoms with van der Waals surface area (Å²) in [6.45, 7) is 6.85. The van der Waals surface area contributed by atoms with Crippen LogP contribution in [0.2, 0.25) is 0 Å². The number of carbonyl (C=O) groups excluding carboxylic acids is 1. The Balaban J connectivity index is 1.61. The number of benzene rings is 1. The van der Waals surface area contributed by atoms with Gasteiger partial charge in [-0.3, -0.25) is 4.79 Å². The normalized spacial score (nSPS) is 10.8. The molecule has 0 atom stereocenters. The van der Waals surface area contributed by atoms with Gasteiger partial charge in [0.1, 0.15) is 4.88 Å². The largest absolute Gasteiger partial charge is 0.493 e. The number of nitrogens with zero attached hydrogens (tertiary/aromatic N) is 4. The van der Waals surface area contributed by atoms with Gasteiger partial charge in [0.15, 0.2) is 11.5 Å². The Bertz CT molecular complexity index is 1020. The molecule has 0 fully saturated rings. The number of thioether (sulfide) groups is 1. The summed E-state index contributed by atoms with van der Waals surface area (Å²) in [5, 5.41) is 9.45. The second kappa shape index (κ2) is 9.94. The van der Waals surface area contributed by atoms with Gasteiger partial charge in [0.05, 0.1) is 30.7 Å². The predicted molar refractivity (Wildman–Crippen MR) is 116 cm³/mol. The molecule has 0 bridgehead atoms. The highest BCUT2D eigenvalue weighted by molar-refractivity contribution is 7.99. The summed E-state index contributed by atoms with van der Waals surface area (Å²) < 4.78 is 16.3. The number of aromatic nitrogens is 3. The van der Waals surface area contributed by atoms with Crippen molar-refractivity contribution in [1.82, 2.24) is 20.1 Å². The molecule has 8 nitrogen and oxygen atoms in total. The molecule has 0 spiro atoms. The third-order valence-corrected chi connectivity index (χ3v) is 6.24. The van der Waals surface area contributed by atoms with Gasteiger partial charge in [-0.25, -0.2) is 4.98 Å². The summed E-state index contributed by atoms with van der Waals surface area (Å²) in [6.07, 6.45) is 0. The van der Waals surface area contributed by atoms with Crippen LogP contribution in [-0.4, -0.2) is 52.5 Å². The van der Waals surface area contributed by atoms with Gasteiger partial charge >= 0.3 is 0 Å². The first-order valence-corrected chi connectivity index (χ1v) is 11.1. The highest BCUT2D eigenvalue weighted by Crippen LogP contribution is 2.31. The standard InChI is InChI=1S/C20H24N4O4S2/c1-6-24(10-14-7-8-15(26-4)16(9-14)27-5)17(25)11-29-20-23-22-19(28-20)18-12(2)21-13(3)30-18/h7-9H,6,10-11H2,1-5H3. The molecule has 160 valence electrons. The quantitative estimate of drug-likeness (QED) is 0.454. The summed E-state index contributed by atoms with van der Waals surface area (Å²) in [6, 6.07) is 5.64. The van der Waals surface area contributed by atoms with E-state index in [1.807, 2.05) is 39.0 Å². The number of carbonyl (C=O) groups is 1. The van der Waals surface area contributed by atoms with Gasteiger partial charge in [0.2, 0.25) is 5.91 Å². The van der Waals surface area contributed by atoms with Crippen molar-refractivity contribution in [3.63, 3.8) is 0 Å². The molecule has 0 radical (unpaired) electrons. The minimum absolute atomic E-state index is 0.0122. The van der Waals surface area contributed by atoms with E-state index in [0.29, 0.717) is 35.7 Å². The van der Waals surface area contributed by atoms with Crippen LogP contribution in [0.5, 0.6) is 11.5 Å². The number of rotatable bonds is 9. The summed E-state index contributed by atoms with van der Waals surface area (Å²) in [4.78, 5) is 19.7. The Morgan fingerprint density at radius 3 is 2.60 bits per heavy atom. The molecule has 0 N–H and O–H groups in total. The molecule has 0 aliphatic carbocycles. The van der Waals surface area contributed by atoms with Crippen molar-refractivity contribution in [1.29, 1.82) is 0 Å². The minimum atomic E-state index is -0.0122. The number of ether oxygens (including phenoxy) is 2. The Labute approximate surface area is 183 Å². The lowest BCUT2D eigenvalue weighted by Crippen LogP contribution is -2.31. The van der Waals surface area contributed by atoms with Gasteiger partial charge in [0, 0.05) is 13.1 Å². The van der Waals surface area contributed by atoms with E-state index in [1.54, 1.807) is 19.1 Å². The monoisotopic (exact) mass is 448 g/mol. The topological polar surface area (TPSA) is 90.6 Å². The Kier molecular flexibility index (Phi) is 7.33. The molecule has 2 heterocycles. The lowest BCUT2D eigenvalue weighted by atomic mass is 10.2. The minimum Gasteiger partial charge on any atom is -0.493 e. The second-order valence-corrected chi connectivity index (χ2v) is 8.54. The maximum absolute atomic E-state index is 12.7. The van der Waals surface area contributed by atoms with E-state index in [-0.39, 0.29) is 11.7 Å². The molecule has 2 aromatic heterocycles. The summed E-state index contributed by atoms with van der Waals surface area (Å²) in [5.41, 5.74) is 1.82. The molecule has 30 heavy (non-hydrogen) atoms. The van der Waals surface area contributed by atoms with E-state index < -0.39 is 0 Å². The summed E-state index contributed by atoms with van der Waals surface area (Å²) in [7, 11) is 3.19. The molecule has 3 aromatic rings. The van der Waals surface area contributed by atoms with Crippen LogP contribution in [0.4, 0.5) is 0 Å². The molecule has 0 aliphatic heterocycles.